The Balaban J connectivity index is 2.73. The van der Waals surface area contributed by atoms with Crippen molar-refractivity contribution in [3.05, 3.63) is 45.2 Å². The molecule has 6 nitrogen and oxygen atoms in total. The van der Waals surface area contributed by atoms with Crippen molar-refractivity contribution >= 4 is 21.6 Å². The molecule has 0 aromatic carbocycles. The number of pyridine rings is 1. The van der Waals surface area contributed by atoms with Crippen molar-refractivity contribution < 1.29 is 4.92 Å². The van der Waals surface area contributed by atoms with Gasteiger partial charge in [0.15, 0.2) is 0 Å². The van der Waals surface area contributed by atoms with Gasteiger partial charge in [0.25, 0.3) is 0 Å². The number of hydrogen-bond acceptors (Lipinski definition) is 4. The van der Waals surface area contributed by atoms with Crippen LogP contribution in [0, 0.1) is 17.0 Å². The molecule has 7 heteroatoms. The van der Waals surface area contributed by atoms with Crippen molar-refractivity contribution in [2.24, 2.45) is 0 Å². The van der Waals surface area contributed by atoms with Gasteiger partial charge in [0.05, 0.1) is 9.40 Å². The van der Waals surface area contributed by atoms with Crippen LogP contribution >= 0.6 is 15.9 Å². The monoisotopic (exact) mass is 282 g/mol. The summed E-state index contributed by atoms with van der Waals surface area (Å²) in [6.07, 6.45) is 6.00. The van der Waals surface area contributed by atoms with Crippen LogP contribution in [0.4, 0.5) is 5.69 Å². The number of nitrogens with zero attached hydrogens (tertiary/aromatic N) is 4. The molecule has 2 heterocycles. The van der Waals surface area contributed by atoms with Crippen LogP contribution in [0.25, 0.3) is 5.69 Å². The Hall–Kier alpha value is -1.76. The van der Waals surface area contributed by atoms with E-state index in [2.05, 4.69) is 25.9 Å². The number of hydrogen-bond donors (Lipinski definition) is 0. The predicted octanol–water partition coefficient (Wildman–Crippen LogP) is 2.25. The number of nitro groups is 1. The van der Waals surface area contributed by atoms with E-state index >= 15 is 0 Å². The zero-order valence-electron chi connectivity index (χ0n) is 8.29. The van der Waals surface area contributed by atoms with E-state index in [1.54, 1.807) is 23.9 Å². The molecule has 0 saturated heterocycles. The zero-order chi connectivity index (χ0) is 11.7. The van der Waals surface area contributed by atoms with Crippen molar-refractivity contribution in [2.45, 2.75) is 6.92 Å². The van der Waals surface area contributed by atoms with Crippen molar-refractivity contribution in [3.8, 4) is 5.69 Å². The molecular formula is C9H7BrN4O2. The van der Waals surface area contributed by atoms with Gasteiger partial charge >= 0.3 is 5.69 Å². The minimum Gasteiger partial charge on any atom is -0.297 e. The van der Waals surface area contributed by atoms with Gasteiger partial charge in [0, 0.05) is 18.6 Å². The number of halogens is 1. The fourth-order valence-corrected chi connectivity index (χ4v) is 1.92. The molecule has 0 radical (unpaired) electrons. The lowest BCUT2D eigenvalue weighted by Crippen LogP contribution is -2.02. The molecule has 16 heavy (non-hydrogen) atoms. The summed E-state index contributed by atoms with van der Waals surface area (Å²) in [6, 6.07) is 0. The average Bonchev–Trinajstić information content (AvgIpc) is 2.64. The van der Waals surface area contributed by atoms with Crippen LogP contribution in [0.2, 0.25) is 0 Å². The molecule has 2 aromatic heterocycles. The highest BCUT2D eigenvalue weighted by molar-refractivity contribution is 9.10. The molecule has 0 unspecified atom stereocenters. The van der Waals surface area contributed by atoms with E-state index in [0.29, 0.717) is 16.0 Å². The van der Waals surface area contributed by atoms with Crippen molar-refractivity contribution in [1.29, 1.82) is 0 Å². The van der Waals surface area contributed by atoms with Gasteiger partial charge in [-0.15, -0.1) is 0 Å². The molecule has 0 aliphatic heterocycles. The first-order valence-corrected chi connectivity index (χ1v) is 5.19. The Labute approximate surface area is 99.2 Å². The van der Waals surface area contributed by atoms with Gasteiger partial charge in [-0.2, -0.15) is 0 Å². The third-order valence-corrected chi connectivity index (χ3v) is 2.70. The molecule has 2 rings (SSSR count). The molecule has 0 fully saturated rings. The standard InChI is InChI=1S/C9H7BrN4O2/c1-6-12-2-3-13(6)9-7(10)4-11-5-8(9)14(15)16/h2-5H,1H3. The maximum Gasteiger partial charge on any atom is 0.312 e. The summed E-state index contributed by atoms with van der Waals surface area (Å²) >= 11 is 3.26. The topological polar surface area (TPSA) is 73.8 Å². The van der Waals surface area contributed by atoms with Gasteiger partial charge in [-0.05, 0) is 22.9 Å². The second-order valence-corrected chi connectivity index (χ2v) is 3.94. The summed E-state index contributed by atoms with van der Waals surface area (Å²) in [6.45, 7) is 1.77. The van der Waals surface area contributed by atoms with Crippen LogP contribution in [0.3, 0.4) is 0 Å². The van der Waals surface area contributed by atoms with Crippen LogP contribution in [0.5, 0.6) is 0 Å². The van der Waals surface area contributed by atoms with Crippen LogP contribution in [0.15, 0.2) is 29.3 Å². The van der Waals surface area contributed by atoms with E-state index in [4.69, 9.17) is 0 Å². The lowest BCUT2D eigenvalue weighted by molar-refractivity contribution is -0.385. The minimum absolute atomic E-state index is 0.0597. The molecule has 82 valence electrons. The van der Waals surface area contributed by atoms with Crippen molar-refractivity contribution in [2.75, 3.05) is 0 Å². The number of imidazole rings is 1. The van der Waals surface area contributed by atoms with Gasteiger partial charge in [0.2, 0.25) is 0 Å². The van der Waals surface area contributed by atoms with Crippen LogP contribution < -0.4 is 0 Å². The van der Waals surface area contributed by atoms with Gasteiger partial charge in [-0.3, -0.25) is 19.7 Å². The maximum absolute atomic E-state index is 10.9. The highest BCUT2D eigenvalue weighted by atomic mass is 79.9. The molecule has 0 aliphatic rings. The molecule has 0 aliphatic carbocycles. The summed E-state index contributed by atoms with van der Waals surface area (Å²) in [5.74, 6) is 0.676. The first-order valence-electron chi connectivity index (χ1n) is 4.39. The molecule has 0 saturated carbocycles. The normalized spacial score (nSPS) is 10.4. The Kier molecular flexibility index (Phi) is 2.69. The van der Waals surface area contributed by atoms with Gasteiger partial charge in [-0.25, -0.2) is 4.98 Å². The smallest absolute Gasteiger partial charge is 0.297 e. The Bertz CT molecular complexity index is 552. The van der Waals surface area contributed by atoms with E-state index in [-0.39, 0.29) is 5.69 Å². The fourth-order valence-electron chi connectivity index (χ4n) is 1.40. The lowest BCUT2D eigenvalue weighted by Gasteiger charge is -2.07. The van der Waals surface area contributed by atoms with E-state index in [1.807, 2.05) is 0 Å². The number of aryl methyl sites for hydroxylation is 1. The molecule has 0 amide bonds. The van der Waals surface area contributed by atoms with Crippen molar-refractivity contribution in [1.82, 2.24) is 14.5 Å². The second kappa shape index (κ2) is 4.01. The van der Waals surface area contributed by atoms with Gasteiger partial charge in [0.1, 0.15) is 17.7 Å². The van der Waals surface area contributed by atoms with Crippen LogP contribution in [-0.2, 0) is 0 Å². The van der Waals surface area contributed by atoms with E-state index in [0.717, 1.165) is 0 Å². The fraction of sp³-hybridized carbons (Fsp3) is 0.111. The summed E-state index contributed by atoms with van der Waals surface area (Å²) < 4.78 is 2.20. The molecule has 0 N–H and O–H groups in total. The SMILES string of the molecule is Cc1nccn1-c1c(Br)cncc1[N+](=O)[O-]. The number of aromatic nitrogens is 3. The quantitative estimate of drug-likeness (QED) is 0.625. The first-order chi connectivity index (χ1) is 7.61. The average molecular weight is 283 g/mol. The highest BCUT2D eigenvalue weighted by Crippen LogP contribution is 2.29. The predicted molar refractivity (Wildman–Crippen MR) is 60.5 cm³/mol. The third-order valence-electron chi connectivity index (χ3n) is 2.12. The van der Waals surface area contributed by atoms with Crippen LogP contribution in [0.1, 0.15) is 5.82 Å². The summed E-state index contributed by atoms with van der Waals surface area (Å²) in [5, 5.41) is 10.9. The van der Waals surface area contributed by atoms with E-state index in [9.17, 15) is 10.1 Å². The Morgan fingerprint density at radius 2 is 2.25 bits per heavy atom. The van der Waals surface area contributed by atoms with Gasteiger partial charge in [-0.1, -0.05) is 0 Å². The van der Waals surface area contributed by atoms with E-state index < -0.39 is 4.92 Å². The Morgan fingerprint density at radius 3 is 2.81 bits per heavy atom. The summed E-state index contributed by atoms with van der Waals surface area (Å²) in [5.41, 5.74) is 0.380. The third kappa shape index (κ3) is 1.69. The summed E-state index contributed by atoms with van der Waals surface area (Å²) in [4.78, 5) is 18.2. The second-order valence-electron chi connectivity index (χ2n) is 3.09. The van der Waals surface area contributed by atoms with Crippen LogP contribution in [-0.4, -0.2) is 19.5 Å². The molecule has 0 atom stereocenters. The Morgan fingerprint density at radius 1 is 1.50 bits per heavy atom. The highest BCUT2D eigenvalue weighted by Gasteiger charge is 2.19. The molecule has 0 bridgehead atoms. The zero-order valence-corrected chi connectivity index (χ0v) is 9.88. The first kappa shape index (κ1) is 10.7. The maximum atomic E-state index is 10.9. The summed E-state index contributed by atoms with van der Waals surface area (Å²) in [7, 11) is 0. The molecule has 0 spiro atoms. The minimum atomic E-state index is -0.466. The van der Waals surface area contributed by atoms with Crippen molar-refractivity contribution in [3.63, 3.8) is 0 Å². The lowest BCUT2D eigenvalue weighted by atomic mass is 10.3. The van der Waals surface area contributed by atoms with E-state index in [1.165, 1.54) is 12.4 Å². The molecule has 2 aromatic rings. The molecular weight excluding hydrogens is 276 g/mol. The van der Waals surface area contributed by atoms with Gasteiger partial charge < -0.3 is 0 Å². The largest absolute Gasteiger partial charge is 0.312 e. The number of rotatable bonds is 2.